The zero-order valence-electron chi connectivity index (χ0n) is 14.1. The Morgan fingerprint density at radius 2 is 1.81 bits per heavy atom. The van der Waals surface area contributed by atoms with Crippen molar-refractivity contribution in [3.63, 3.8) is 0 Å². The minimum absolute atomic E-state index is 0.227. The minimum atomic E-state index is -0.227. The van der Waals surface area contributed by atoms with Gasteiger partial charge in [0.15, 0.2) is 10.8 Å². The number of nitrogens with zero attached hydrogens (tertiary/aromatic N) is 3. The molecule has 0 spiro atoms. The van der Waals surface area contributed by atoms with Gasteiger partial charge in [-0.1, -0.05) is 48.0 Å². The molecule has 27 heavy (non-hydrogen) atoms. The molecule has 5 aromatic rings. The summed E-state index contributed by atoms with van der Waals surface area (Å²) >= 11 is 7.76. The van der Waals surface area contributed by atoms with E-state index in [4.69, 9.17) is 21.3 Å². The van der Waals surface area contributed by atoms with E-state index >= 15 is 0 Å². The molecule has 7 heteroatoms. The highest BCUT2D eigenvalue weighted by molar-refractivity contribution is 7.17. The van der Waals surface area contributed by atoms with E-state index in [1.165, 1.54) is 15.9 Å². The van der Waals surface area contributed by atoms with E-state index in [2.05, 4.69) is 5.10 Å². The van der Waals surface area contributed by atoms with Gasteiger partial charge in [-0.2, -0.15) is 9.61 Å². The zero-order valence-corrected chi connectivity index (χ0v) is 15.7. The zero-order chi connectivity index (χ0) is 18.5. The van der Waals surface area contributed by atoms with Crippen LogP contribution >= 0.6 is 22.9 Å². The Morgan fingerprint density at radius 1 is 1.07 bits per heavy atom. The molecule has 0 saturated heterocycles. The molecule has 3 aromatic heterocycles. The second-order valence-electron chi connectivity index (χ2n) is 6.05. The Bertz CT molecular complexity index is 1390. The van der Waals surface area contributed by atoms with Gasteiger partial charge in [-0.15, -0.1) is 11.3 Å². The number of aromatic nitrogens is 3. The average molecular weight is 394 g/mol. The summed E-state index contributed by atoms with van der Waals surface area (Å²) in [7, 11) is 1.62. The van der Waals surface area contributed by atoms with Gasteiger partial charge in [-0.25, -0.2) is 4.98 Å². The Labute approximate surface area is 162 Å². The van der Waals surface area contributed by atoms with Crippen LogP contribution in [0.5, 0.6) is 5.75 Å². The largest absolute Gasteiger partial charge is 0.497 e. The van der Waals surface area contributed by atoms with Gasteiger partial charge in [0.1, 0.15) is 10.6 Å². The number of hydrogen-bond acceptors (Lipinski definition) is 5. The molecule has 0 radical (unpaired) electrons. The number of benzene rings is 2. The molecule has 0 aliphatic carbocycles. The van der Waals surface area contributed by atoms with Crippen LogP contribution in [0, 0.1) is 0 Å². The first-order valence-electron chi connectivity index (χ1n) is 8.20. The van der Waals surface area contributed by atoms with Crippen LogP contribution < -0.4 is 10.3 Å². The second kappa shape index (κ2) is 6.04. The van der Waals surface area contributed by atoms with E-state index in [0.717, 1.165) is 27.6 Å². The number of hydrogen-bond donors (Lipinski definition) is 0. The van der Waals surface area contributed by atoms with Crippen molar-refractivity contribution in [1.29, 1.82) is 0 Å². The summed E-state index contributed by atoms with van der Waals surface area (Å²) in [5.41, 5.74) is 2.04. The SMILES string of the molecule is COc1ccc(-c2csc3nc4c5ccccc5c(Cl)nn4c(=O)c23)cc1. The number of ether oxygens (including phenoxy) is 1. The molecule has 5 nitrogen and oxygen atoms in total. The second-order valence-corrected chi connectivity index (χ2v) is 7.26. The van der Waals surface area contributed by atoms with Crippen LogP contribution in [0.15, 0.2) is 58.7 Å². The summed E-state index contributed by atoms with van der Waals surface area (Å²) in [5.74, 6) is 0.763. The molecule has 0 N–H and O–H groups in total. The molecule has 3 heterocycles. The first-order valence-corrected chi connectivity index (χ1v) is 9.46. The van der Waals surface area contributed by atoms with Gasteiger partial charge in [-0.05, 0) is 17.7 Å². The van der Waals surface area contributed by atoms with Crippen molar-refractivity contribution < 1.29 is 4.74 Å². The maximum atomic E-state index is 13.2. The monoisotopic (exact) mass is 393 g/mol. The van der Waals surface area contributed by atoms with Crippen molar-refractivity contribution in [2.24, 2.45) is 0 Å². The van der Waals surface area contributed by atoms with Gasteiger partial charge < -0.3 is 4.74 Å². The minimum Gasteiger partial charge on any atom is -0.497 e. The fourth-order valence-corrected chi connectivity index (χ4v) is 4.41. The summed E-state index contributed by atoms with van der Waals surface area (Å²) in [6, 6.07) is 15.1. The fraction of sp³-hybridized carbons (Fsp3) is 0.0500. The van der Waals surface area contributed by atoms with E-state index in [-0.39, 0.29) is 10.7 Å². The van der Waals surface area contributed by atoms with Crippen LogP contribution in [0.25, 0.3) is 37.8 Å². The molecule has 132 valence electrons. The van der Waals surface area contributed by atoms with Crippen LogP contribution in [0.2, 0.25) is 5.15 Å². The molecule has 0 atom stereocenters. The van der Waals surface area contributed by atoms with E-state index in [0.29, 0.717) is 15.9 Å². The highest BCUT2D eigenvalue weighted by Crippen LogP contribution is 2.33. The summed E-state index contributed by atoms with van der Waals surface area (Å²) in [6.45, 7) is 0. The number of thiophene rings is 1. The van der Waals surface area contributed by atoms with Gasteiger partial charge >= 0.3 is 0 Å². The van der Waals surface area contributed by atoms with Gasteiger partial charge in [0.2, 0.25) is 0 Å². The number of methoxy groups -OCH3 is 1. The molecular formula is C20H12ClN3O2S. The van der Waals surface area contributed by atoms with Crippen LogP contribution in [-0.2, 0) is 0 Å². The molecule has 0 unspecified atom stereocenters. The van der Waals surface area contributed by atoms with E-state index in [9.17, 15) is 4.79 Å². The third kappa shape index (κ3) is 2.41. The average Bonchev–Trinajstić information content (AvgIpc) is 3.14. The first-order chi connectivity index (χ1) is 13.2. The maximum absolute atomic E-state index is 13.2. The summed E-state index contributed by atoms with van der Waals surface area (Å²) in [4.78, 5) is 18.6. The molecule has 0 amide bonds. The first kappa shape index (κ1) is 16.2. The molecule has 0 fully saturated rings. The Morgan fingerprint density at radius 3 is 2.56 bits per heavy atom. The number of halogens is 1. The third-order valence-electron chi connectivity index (χ3n) is 4.56. The van der Waals surface area contributed by atoms with Crippen LogP contribution in [-0.4, -0.2) is 21.7 Å². The smallest absolute Gasteiger partial charge is 0.283 e. The van der Waals surface area contributed by atoms with Crippen molar-refractivity contribution in [3.05, 3.63) is 69.4 Å². The summed E-state index contributed by atoms with van der Waals surface area (Å²) in [6.07, 6.45) is 0. The lowest BCUT2D eigenvalue weighted by molar-refractivity contribution is 0.415. The van der Waals surface area contributed by atoms with Gasteiger partial charge in [0.05, 0.1) is 12.5 Å². The standard InChI is InChI=1S/C20H12ClN3O2S/c1-26-12-8-6-11(7-9-12)15-10-27-19-16(15)20(25)24-18(22-19)14-5-3-2-4-13(14)17(21)23-24/h2-10H,1H3. The summed E-state index contributed by atoms with van der Waals surface area (Å²) in [5, 5.41) is 8.64. The Hall–Kier alpha value is -2.96. The highest BCUT2D eigenvalue weighted by atomic mass is 35.5. The normalized spacial score (nSPS) is 11.5. The topological polar surface area (TPSA) is 56.5 Å². The Balaban J connectivity index is 1.87. The lowest BCUT2D eigenvalue weighted by Crippen LogP contribution is -2.18. The van der Waals surface area contributed by atoms with Crippen LogP contribution in [0.4, 0.5) is 0 Å². The molecule has 2 aromatic carbocycles. The molecule has 5 rings (SSSR count). The van der Waals surface area contributed by atoms with Crippen LogP contribution in [0.1, 0.15) is 0 Å². The predicted octanol–water partition coefficient (Wildman–Crippen LogP) is 4.79. The molecule has 0 aliphatic heterocycles. The fourth-order valence-electron chi connectivity index (χ4n) is 3.23. The van der Waals surface area contributed by atoms with Crippen molar-refractivity contribution in [2.45, 2.75) is 0 Å². The van der Waals surface area contributed by atoms with E-state index in [1.54, 1.807) is 7.11 Å². The lowest BCUT2D eigenvalue weighted by Gasteiger charge is -2.07. The predicted molar refractivity (Wildman–Crippen MR) is 109 cm³/mol. The quantitative estimate of drug-likeness (QED) is 0.405. The van der Waals surface area contributed by atoms with Crippen molar-refractivity contribution in [2.75, 3.05) is 7.11 Å². The van der Waals surface area contributed by atoms with E-state index in [1.807, 2.05) is 53.9 Å². The number of rotatable bonds is 2. The molecule has 0 bridgehead atoms. The highest BCUT2D eigenvalue weighted by Gasteiger charge is 2.17. The van der Waals surface area contributed by atoms with Crippen molar-refractivity contribution >= 4 is 49.6 Å². The van der Waals surface area contributed by atoms with Gasteiger partial charge in [0.25, 0.3) is 5.56 Å². The van der Waals surface area contributed by atoms with Crippen molar-refractivity contribution in [3.8, 4) is 16.9 Å². The third-order valence-corrected chi connectivity index (χ3v) is 5.72. The maximum Gasteiger partial charge on any atom is 0.283 e. The van der Waals surface area contributed by atoms with Gasteiger partial charge in [-0.3, -0.25) is 4.79 Å². The van der Waals surface area contributed by atoms with Gasteiger partial charge in [0, 0.05) is 21.7 Å². The molecule has 0 saturated carbocycles. The summed E-state index contributed by atoms with van der Waals surface area (Å²) < 4.78 is 6.51. The number of fused-ring (bicyclic) bond motifs is 4. The van der Waals surface area contributed by atoms with Crippen molar-refractivity contribution in [1.82, 2.24) is 14.6 Å². The lowest BCUT2D eigenvalue weighted by atomic mass is 10.1. The molecule has 0 aliphatic rings. The van der Waals surface area contributed by atoms with Crippen LogP contribution in [0.3, 0.4) is 0 Å². The molecular weight excluding hydrogens is 382 g/mol. The van der Waals surface area contributed by atoms with E-state index < -0.39 is 0 Å². The Kier molecular flexibility index (Phi) is 3.63.